The first-order chi connectivity index (χ1) is 14.8. The highest BCUT2D eigenvalue weighted by Crippen LogP contribution is 2.50. The highest BCUT2D eigenvalue weighted by atomic mass is 32.2. The molecule has 1 saturated heterocycles. The fourth-order valence-electron chi connectivity index (χ4n) is 4.74. The monoisotopic (exact) mass is 430 g/mol. The van der Waals surface area contributed by atoms with Crippen LogP contribution in [0.5, 0.6) is 0 Å². The predicted molar refractivity (Wildman–Crippen MR) is 124 cm³/mol. The first-order valence-electron chi connectivity index (χ1n) is 10.7. The van der Waals surface area contributed by atoms with Crippen molar-refractivity contribution in [1.29, 1.82) is 0 Å². The lowest BCUT2D eigenvalue weighted by Gasteiger charge is -2.21. The van der Waals surface area contributed by atoms with Crippen LogP contribution in [0.25, 0.3) is 0 Å². The molecule has 1 aromatic carbocycles. The van der Waals surface area contributed by atoms with Gasteiger partial charge in [0, 0.05) is 0 Å². The van der Waals surface area contributed by atoms with E-state index in [-0.39, 0.29) is 6.10 Å². The molecule has 4 heteroatoms. The number of benzene rings is 1. The van der Waals surface area contributed by atoms with Gasteiger partial charge in [0.25, 0.3) is 0 Å². The maximum Gasteiger partial charge on any atom is 0.205 e. The number of sulfone groups is 1. The minimum Gasteiger partial charge on any atom is -0.356 e. The molecule has 0 saturated carbocycles. The summed E-state index contributed by atoms with van der Waals surface area (Å²) in [7, 11) is -3.60. The van der Waals surface area contributed by atoms with Gasteiger partial charge in [0.05, 0.1) is 9.80 Å². The third-order valence-corrected chi connectivity index (χ3v) is 8.34. The van der Waals surface area contributed by atoms with Gasteiger partial charge in [0.1, 0.15) is 12.2 Å². The molecular weight excluding hydrogens is 404 g/mol. The lowest BCUT2D eigenvalue weighted by atomic mass is 9.84. The molecule has 3 nitrogen and oxygen atoms in total. The minimum atomic E-state index is -3.60. The van der Waals surface area contributed by atoms with Gasteiger partial charge in [0.15, 0.2) is 0 Å². The molecular formula is C27H26O3S. The smallest absolute Gasteiger partial charge is 0.205 e. The summed E-state index contributed by atoms with van der Waals surface area (Å²) < 4.78 is 32.9. The summed E-state index contributed by atoms with van der Waals surface area (Å²) in [5.41, 5.74) is 8.07. The summed E-state index contributed by atoms with van der Waals surface area (Å²) in [6.45, 7) is 8.66. The maximum atomic E-state index is 13.3. The van der Waals surface area contributed by atoms with Crippen LogP contribution in [0.3, 0.4) is 0 Å². The molecule has 0 radical (unpaired) electrons. The topological polar surface area (TPSA) is 43.4 Å². The molecule has 1 aromatic rings. The van der Waals surface area contributed by atoms with Crippen molar-refractivity contribution in [3.05, 3.63) is 111 Å². The van der Waals surface area contributed by atoms with Crippen molar-refractivity contribution in [3.63, 3.8) is 0 Å². The van der Waals surface area contributed by atoms with Gasteiger partial charge in [-0.2, -0.15) is 0 Å². The van der Waals surface area contributed by atoms with E-state index in [0.717, 1.165) is 11.1 Å². The van der Waals surface area contributed by atoms with Crippen LogP contribution in [0.4, 0.5) is 0 Å². The number of fused-ring (bicyclic) bond motifs is 6. The van der Waals surface area contributed by atoms with E-state index in [1.54, 1.807) is 30.3 Å². The summed E-state index contributed by atoms with van der Waals surface area (Å²) in [6, 6.07) is 8.61. The van der Waals surface area contributed by atoms with Crippen LogP contribution < -0.4 is 0 Å². The number of hydrogen-bond acceptors (Lipinski definition) is 3. The zero-order valence-corrected chi connectivity index (χ0v) is 19.0. The molecule has 0 amide bonds. The van der Waals surface area contributed by atoms with E-state index < -0.39 is 15.9 Å². The second-order valence-electron chi connectivity index (χ2n) is 8.81. The molecule has 2 atom stereocenters. The van der Waals surface area contributed by atoms with Gasteiger partial charge >= 0.3 is 0 Å². The molecule has 2 bridgehead atoms. The standard InChI is InChI=1S/C27H26O3S/c1-16(2)19-12-10-18(4)25-22(14-19)17(3)11-13-21-26(25)23-15-24(27(21)30-23)31(28,29)20-8-6-5-7-9-20/h5-16,23,27H,1-4H3. The zero-order valence-electron chi connectivity index (χ0n) is 18.2. The molecule has 2 unspecified atom stereocenters. The van der Waals surface area contributed by atoms with Crippen molar-refractivity contribution in [3.8, 4) is 0 Å². The van der Waals surface area contributed by atoms with Crippen LogP contribution in [-0.2, 0) is 14.6 Å². The molecule has 4 aliphatic rings. The lowest BCUT2D eigenvalue weighted by molar-refractivity contribution is 0.136. The van der Waals surface area contributed by atoms with E-state index in [4.69, 9.17) is 4.74 Å². The summed E-state index contributed by atoms with van der Waals surface area (Å²) in [5.74, 6) is 0.420. The molecule has 2 aliphatic heterocycles. The first kappa shape index (κ1) is 20.2. The van der Waals surface area contributed by atoms with Crippen LogP contribution in [0.2, 0.25) is 0 Å². The number of hydrogen-bond donors (Lipinski definition) is 0. The highest BCUT2D eigenvalue weighted by Gasteiger charge is 2.48. The highest BCUT2D eigenvalue weighted by molar-refractivity contribution is 7.95. The molecule has 0 spiro atoms. The summed E-state index contributed by atoms with van der Waals surface area (Å²) in [6.07, 6.45) is 11.7. The average Bonchev–Trinajstić information content (AvgIpc) is 3.23. The molecule has 2 heterocycles. The van der Waals surface area contributed by atoms with E-state index in [2.05, 4.69) is 58.1 Å². The Hall–Kier alpha value is -2.69. The fourth-order valence-corrected chi connectivity index (χ4v) is 6.29. The SMILES string of the molecule is CC1=CC=C2C(=C3C(C)=CC=C(C(C)C)C=C13)C1C=C(S(=O)(=O)c3ccccc3)C2O1. The second kappa shape index (κ2) is 7.18. The van der Waals surface area contributed by atoms with Crippen molar-refractivity contribution >= 4 is 9.84 Å². The van der Waals surface area contributed by atoms with Gasteiger partial charge in [0.2, 0.25) is 9.84 Å². The molecule has 158 valence electrons. The normalized spacial score (nSPS) is 24.9. The molecule has 0 aromatic heterocycles. The molecule has 1 fully saturated rings. The van der Waals surface area contributed by atoms with Crippen molar-refractivity contribution in [2.24, 2.45) is 5.92 Å². The van der Waals surface area contributed by atoms with E-state index in [0.29, 0.717) is 15.7 Å². The average molecular weight is 431 g/mol. The zero-order chi connectivity index (χ0) is 21.9. The van der Waals surface area contributed by atoms with Crippen molar-refractivity contribution in [1.82, 2.24) is 0 Å². The Morgan fingerprint density at radius 1 is 0.935 bits per heavy atom. The summed E-state index contributed by atoms with van der Waals surface area (Å²) in [4.78, 5) is 0.665. The Balaban J connectivity index is 1.69. The van der Waals surface area contributed by atoms with Crippen LogP contribution in [-0.4, -0.2) is 20.6 Å². The Morgan fingerprint density at radius 3 is 2.35 bits per heavy atom. The molecule has 31 heavy (non-hydrogen) atoms. The van der Waals surface area contributed by atoms with Gasteiger partial charge in [-0.25, -0.2) is 8.42 Å². The Morgan fingerprint density at radius 2 is 1.65 bits per heavy atom. The van der Waals surface area contributed by atoms with Crippen LogP contribution in [0, 0.1) is 5.92 Å². The molecule has 0 N–H and O–H groups in total. The predicted octanol–water partition coefficient (Wildman–Crippen LogP) is 5.78. The molecule has 2 aliphatic carbocycles. The van der Waals surface area contributed by atoms with Gasteiger partial charge in [-0.3, -0.25) is 0 Å². The van der Waals surface area contributed by atoms with Crippen molar-refractivity contribution in [2.75, 3.05) is 0 Å². The third kappa shape index (κ3) is 3.08. The fraction of sp³-hybridized carbons (Fsp3) is 0.259. The van der Waals surface area contributed by atoms with Gasteiger partial charge in [-0.15, -0.1) is 0 Å². The summed E-state index contributed by atoms with van der Waals surface area (Å²) >= 11 is 0. The Kier molecular flexibility index (Phi) is 4.68. The van der Waals surface area contributed by atoms with Crippen molar-refractivity contribution in [2.45, 2.75) is 44.8 Å². The van der Waals surface area contributed by atoms with Crippen LogP contribution in [0.15, 0.2) is 116 Å². The quantitative estimate of drug-likeness (QED) is 0.611. The van der Waals surface area contributed by atoms with Gasteiger partial charge in [-0.1, -0.05) is 62.4 Å². The largest absolute Gasteiger partial charge is 0.356 e. The van der Waals surface area contributed by atoms with E-state index in [1.165, 1.54) is 27.9 Å². The Labute approximate surface area is 184 Å². The first-order valence-corrected chi connectivity index (χ1v) is 12.2. The number of rotatable bonds is 3. The third-order valence-electron chi connectivity index (χ3n) is 6.47. The second-order valence-corrected chi connectivity index (χ2v) is 10.8. The van der Waals surface area contributed by atoms with Crippen molar-refractivity contribution < 1.29 is 13.2 Å². The summed E-state index contributed by atoms with van der Waals surface area (Å²) in [5, 5.41) is 0. The van der Waals surface area contributed by atoms with E-state index in [9.17, 15) is 8.42 Å². The minimum absolute atomic E-state index is 0.310. The van der Waals surface area contributed by atoms with E-state index in [1.807, 2.05) is 6.07 Å². The van der Waals surface area contributed by atoms with E-state index >= 15 is 0 Å². The number of ether oxygens (including phenoxy) is 1. The maximum absolute atomic E-state index is 13.3. The van der Waals surface area contributed by atoms with Gasteiger partial charge in [-0.05, 0) is 77.0 Å². The van der Waals surface area contributed by atoms with Gasteiger partial charge < -0.3 is 4.74 Å². The van der Waals surface area contributed by atoms with Crippen LogP contribution >= 0.6 is 0 Å². The Bertz CT molecular complexity index is 1290. The number of allylic oxidation sites excluding steroid dienone is 10. The lowest BCUT2D eigenvalue weighted by Crippen LogP contribution is -2.19. The molecule has 5 rings (SSSR count). The van der Waals surface area contributed by atoms with Crippen LogP contribution in [0.1, 0.15) is 27.7 Å².